The minimum absolute atomic E-state index is 0.00932. The van der Waals surface area contributed by atoms with Crippen molar-refractivity contribution < 1.29 is 5.11 Å². The van der Waals surface area contributed by atoms with Crippen LogP contribution < -0.4 is 0 Å². The monoisotopic (exact) mass is 289 g/mol. The Bertz CT molecular complexity index is 687. The summed E-state index contributed by atoms with van der Waals surface area (Å²) < 4.78 is 0. The Labute approximate surface area is 121 Å². The van der Waals surface area contributed by atoms with Crippen LogP contribution in [0.3, 0.4) is 0 Å². The Morgan fingerprint density at radius 3 is 2.47 bits per heavy atom. The van der Waals surface area contributed by atoms with Gasteiger partial charge in [-0.15, -0.1) is 0 Å². The summed E-state index contributed by atoms with van der Waals surface area (Å²) >= 11 is 11.9. The lowest BCUT2D eigenvalue weighted by Crippen LogP contribution is -1.83. The van der Waals surface area contributed by atoms with Gasteiger partial charge in [0.25, 0.3) is 0 Å². The summed E-state index contributed by atoms with van der Waals surface area (Å²) in [5.41, 5.74) is 1.82. The van der Waals surface area contributed by atoms with Crippen molar-refractivity contribution in [3.63, 3.8) is 0 Å². The van der Waals surface area contributed by atoms with E-state index in [2.05, 4.69) is 6.07 Å². The molecule has 0 aliphatic rings. The fourth-order valence-corrected chi connectivity index (χ4v) is 2.06. The van der Waals surface area contributed by atoms with Gasteiger partial charge < -0.3 is 5.11 Å². The highest BCUT2D eigenvalue weighted by Gasteiger charge is 2.06. The van der Waals surface area contributed by atoms with Gasteiger partial charge in [0, 0.05) is 10.6 Å². The summed E-state index contributed by atoms with van der Waals surface area (Å²) in [5, 5.41) is 19.3. The summed E-state index contributed by atoms with van der Waals surface area (Å²) in [6, 6.07) is 14.0. The van der Waals surface area contributed by atoms with Gasteiger partial charge in [-0.25, -0.2) is 0 Å². The summed E-state index contributed by atoms with van der Waals surface area (Å²) in [6.07, 6.45) is 1.67. The van der Waals surface area contributed by atoms with Gasteiger partial charge in [-0.3, -0.25) is 0 Å². The molecule has 1 N–H and O–H groups in total. The Morgan fingerprint density at radius 1 is 1.11 bits per heavy atom. The lowest BCUT2D eigenvalue weighted by Gasteiger charge is -2.03. The molecule has 2 aromatic carbocycles. The summed E-state index contributed by atoms with van der Waals surface area (Å²) in [5.74, 6) is 0.00932. The van der Waals surface area contributed by atoms with Crippen molar-refractivity contribution in [3.05, 3.63) is 63.6 Å². The molecule has 0 saturated carbocycles. The number of aromatic hydroxyl groups is 1. The first-order valence-electron chi connectivity index (χ1n) is 5.47. The number of halogens is 2. The molecule has 0 aromatic heterocycles. The molecule has 0 saturated heterocycles. The van der Waals surface area contributed by atoms with Crippen molar-refractivity contribution in [2.24, 2.45) is 0 Å². The average molecular weight is 290 g/mol. The standard InChI is InChI=1S/C15H9Cl2NO/c16-13-4-2-1-3-12(13)11(9-18)7-10-5-6-15(19)14(17)8-10/h1-8,19H. The third kappa shape index (κ3) is 3.08. The summed E-state index contributed by atoms with van der Waals surface area (Å²) in [6.45, 7) is 0. The van der Waals surface area contributed by atoms with E-state index in [-0.39, 0.29) is 10.8 Å². The molecule has 19 heavy (non-hydrogen) atoms. The number of phenols is 1. The Kier molecular flexibility index (Phi) is 4.11. The number of nitriles is 1. The number of phenolic OH excluding ortho intramolecular Hbond substituents is 1. The van der Waals surface area contributed by atoms with E-state index in [4.69, 9.17) is 23.2 Å². The smallest absolute Gasteiger partial charge is 0.134 e. The predicted molar refractivity (Wildman–Crippen MR) is 78.1 cm³/mol. The van der Waals surface area contributed by atoms with Gasteiger partial charge >= 0.3 is 0 Å². The zero-order valence-electron chi connectivity index (χ0n) is 9.77. The van der Waals surface area contributed by atoms with Gasteiger partial charge in [-0.2, -0.15) is 5.26 Å². The molecule has 0 heterocycles. The van der Waals surface area contributed by atoms with Crippen LogP contribution in [0.5, 0.6) is 5.75 Å². The molecule has 0 radical (unpaired) electrons. The normalized spacial score (nSPS) is 11.1. The van der Waals surface area contributed by atoms with Crippen LogP contribution >= 0.6 is 23.2 Å². The largest absolute Gasteiger partial charge is 0.506 e. The molecular weight excluding hydrogens is 281 g/mol. The summed E-state index contributed by atoms with van der Waals surface area (Å²) in [4.78, 5) is 0. The van der Waals surface area contributed by atoms with E-state index in [1.807, 2.05) is 6.07 Å². The molecule has 0 unspecified atom stereocenters. The maximum atomic E-state index is 9.36. The van der Waals surface area contributed by atoms with Crippen LogP contribution in [-0.2, 0) is 0 Å². The van der Waals surface area contributed by atoms with Gasteiger partial charge in [0.1, 0.15) is 5.75 Å². The van der Waals surface area contributed by atoms with E-state index in [0.29, 0.717) is 16.2 Å². The quantitative estimate of drug-likeness (QED) is 0.640. The van der Waals surface area contributed by atoms with Gasteiger partial charge in [-0.05, 0) is 29.8 Å². The topological polar surface area (TPSA) is 44.0 Å². The van der Waals surface area contributed by atoms with Gasteiger partial charge in [-0.1, -0.05) is 47.5 Å². The van der Waals surface area contributed by atoms with E-state index in [9.17, 15) is 10.4 Å². The molecule has 2 aromatic rings. The predicted octanol–water partition coefficient (Wildman–Crippen LogP) is 4.76. The molecule has 0 bridgehead atoms. The Balaban J connectivity index is 2.48. The van der Waals surface area contributed by atoms with E-state index in [0.717, 1.165) is 5.56 Å². The van der Waals surface area contributed by atoms with E-state index in [1.54, 1.807) is 36.4 Å². The Morgan fingerprint density at radius 2 is 1.84 bits per heavy atom. The second-order valence-corrected chi connectivity index (χ2v) is 4.67. The van der Waals surface area contributed by atoms with E-state index >= 15 is 0 Å². The number of nitrogens with zero attached hydrogens (tertiary/aromatic N) is 1. The van der Waals surface area contributed by atoms with Crippen molar-refractivity contribution in [2.45, 2.75) is 0 Å². The van der Waals surface area contributed by atoms with Crippen molar-refractivity contribution in [1.29, 1.82) is 5.26 Å². The third-order valence-corrected chi connectivity index (χ3v) is 3.20. The lowest BCUT2D eigenvalue weighted by molar-refractivity contribution is 0.475. The van der Waals surface area contributed by atoms with Crippen LogP contribution in [0.15, 0.2) is 42.5 Å². The number of hydrogen-bond acceptors (Lipinski definition) is 2. The van der Waals surface area contributed by atoms with Crippen LogP contribution in [-0.4, -0.2) is 5.11 Å². The van der Waals surface area contributed by atoms with Crippen molar-refractivity contribution in [2.75, 3.05) is 0 Å². The second kappa shape index (κ2) is 5.79. The molecular formula is C15H9Cl2NO. The highest BCUT2D eigenvalue weighted by Crippen LogP contribution is 2.28. The van der Waals surface area contributed by atoms with Gasteiger partial charge in [0.05, 0.1) is 16.7 Å². The number of benzene rings is 2. The minimum atomic E-state index is 0.00932. The zero-order valence-corrected chi connectivity index (χ0v) is 11.3. The van der Waals surface area contributed by atoms with Crippen LogP contribution in [0.4, 0.5) is 0 Å². The zero-order chi connectivity index (χ0) is 13.8. The molecule has 94 valence electrons. The maximum Gasteiger partial charge on any atom is 0.134 e. The first-order valence-corrected chi connectivity index (χ1v) is 6.22. The van der Waals surface area contributed by atoms with Crippen LogP contribution in [0.25, 0.3) is 11.6 Å². The number of hydrogen-bond donors (Lipinski definition) is 1. The molecule has 0 amide bonds. The van der Waals surface area contributed by atoms with Gasteiger partial charge in [0.15, 0.2) is 0 Å². The Hall–Kier alpha value is -1.95. The fraction of sp³-hybridized carbons (Fsp3) is 0. The van der Waals surface area contributed by atoms with E-state index < -0.39 is 0 Å². The highest BCUT2D eigenvalue weighted by molar-refractivity contribution is 6.33. The maximum absolute atomic E-state index is 9.36. The van der Waals surface area contributed by atoms with Crippen LogP contribution in [0, 0.1) is 11.3 Å². The highest BCUT2D eigenvalue weighted by atomic mass is 35.5. The van der Waals surface area contributed by atoms with Crippen molar-refractivity contribution in [3.8, 4) is 11.8 Å². The van der Waals surface area contributed by atoms with Crippen LogP contribution in [0.2, 0.25) is 10.0 Å². The van der Waals surface area contributed by atoms with Crippen molar-refractivity contribution in [1.82, 2.24) is 0 Å². The van der Waals surface area contributed by atoms with E-state index in [1.165, 1.54) is 6.07 Å². The molecule has 0 aliphatic carbocycles. The van der Waals surface area contributed by atoms with Gasteiger partial charge in [0.2, 0.25) is 0 Å². The summed E-state index contributed by atoms with van der Waals surface area (Å²) in [7, 11) is 0. The van der Waals surface area contributed by atoms with Crippen molar-refractivity contribution >= 4 is 34.9 Å². The fourth-order valence-electron chi connectivity index (χ4n) is 1.63. The molecule has 2 rings (SSSR count). The average Bonchev–Trinajstić information content (AvgIpc) is 2.41. The number of allylic oxidation sites excluding steroid dienone is 1. The van der Waals surface area contributed by atoms with Crippen LogP contribution in [0.1, 0.15) is 11.1 Å². The minimum Gasteiger partial charge on any atom is -0.506 e. The lowest BCUT2D eigenvalue weighted by atomic mass is 10.0. The third-order valence-electron chi connectivity index (χ3n) is 2.57. The number of rotatable bonds is 2. The molecule has 0 spiro atoms. The first-order chi connectivity index (χ1) is 9.11. The molecule has 0 aliphatic heterocycles. The molecule has 0 atom stereocenters. The molecule has 4 heteroatoms. The molecule has 2 nitrogen and oxygen atoms in total. The second-order valence-electron chi connectivity index (χ2n) is 3.86. The first kappa shape index (κ1) is 13.5. The molecule has 0 fully saturated rings. The SMILES string of the molecule is N#CC(=Cc1ccc(O)c(Cl)c1)c1ccccc1Cl.